The normalized spacial score (nSPS) is 49.1. The van der Waals surface area contributed by atoms with Crippen molar-refractivity contribution in [1.82, 2.24) is 0 Å². The molecule has 0 aromatic rings. The number of fused-ring (bicyclic) bond motifs is 3. The van der Waals surface area contributed by atoms with Crippen LogP contribution in [0.15, 0.2) is 24.3 Å². The van der Waals surface area contributed by atoms with Gasteiger partial charge in [-0.25, -0.2) is 0 Å². The molecule has 4 aliphatic rings. The van der Waals surface area contributed by atoms with Crippen LogP contribution in [0.5, 0.6) is 0 Å². The third-order valence-electron chi connectivity index (χ3n) is 9.29. The Balaban J connectivity index is 1.59. The Kier molecular flexibility index (Phi) is 6.72. The molecule has 0 aromatic heterocycles. The van der Waals surface area contributed by atoms with Crippen molar-refractivity contribution in [2.45, 2.75) is 83.6 Å². The van der Waals surface area contributed by atoms with Crippen molar-refractivity contribution < 1.29 is 39.5 Å². The Labute approximate surface area is 200 Å². The van der Waals surface area contributed by atoms with Gasteiger partial charge in [-0.15, -0.1) is 6.58 Å². The lowest BCUT2D eigenvalue weighted by molar-refractivity contribution is -0.307. The van der Waals surface area contributed by atoms with Crippen LogP contribution in [0.3, 0.4) is 0 Å². The quantitative estimate of drug-likeness (QED) is 0.435. The highest BCUT2D eigenvalue weighted by molar-refractivity contribution is 5.99. The first kappa shape index (κ1) is 25.7. The first-order valence-corrected chi connectivity index (χ1v) is 12.2. The third kappa shape index (κ3) is 3.92. The Morgan fingerprint density at radius 1 is 1.15 bits per heavy atom. The first-order chi connectivity index (χ1) is 15.9. The molecule has 34 heavy (non-hydrogen) atoms. The number of carbonyl (C=O) groups excluding carboxylic acids is 2. The summed E-state index contributed by atoms with van der Waals surface area (Å²) < 4.78 is 11.3. The molecule has 0 unspecified atom stereocenters. The predicted octanol–water partition coefficient (Wildman–Crippen LogP) is 1.30. The monoisotopic (exact) mass is 478 g/mol. The second-order valence-electron chi connectivity index (χ2n) is 11.4. The fourth-order valence-corrected chi connectivity index (χ4v) is 6.84. The van der Waals surface area contributed by atoms with Gasteiger partial charge in [-0.1, -0.05) is 32.9 Å². The smallest absolute Gasteiger partial charge is 0.186 e. The van der Waals surface area contributed by atoms with Gasteiger partial charge in [0.1, 0.15) is 30.2 Å². The zero-order valence-electron chi connectivity index (χ0n) is 20.3. The van der Waals surface area contributed by atoms with E-state index in [2.05, 4.69) is 26.5 Å². The SMILES string of the molecule is C=C[C@]1(C)C=C2C(=O)C[C@@H]3[C@](C)(CCC(=O)[C@]3(C)CO[C@@H]3O[C@H](CO)[C@@H](O)[C@@H](O)[C@@H]3O)[C@H]2CC1. The number of allylic oxidation sites excluding steroid dienone is 3. The second kappa shape index (κ2) is 8.91. The van der Waals surface area contributed by atoms with Crippen LogP contribution in [0, 0.1) is 28.1 Å². The number of hydrogen-bond acceptors (Lipinski definition) is 8. The van der Waals surface area contributed by atoms with E-state index in [1.165, 1.54) is 0 Å². The van der Waals surface area contributed by atoms with Crippen molar-refractivity contribution >= 4 is 11.6 Å². The van der Waals surface area contributed by atoms with Crippen LogP contribution in [0.2, 0.25) is 0 Å². The highest BCUT2D eigenvalue weighted by Crippen LogP contribution is 2.62. The lowest BCUT2D eigenvalue weighted by atomic mass is 9.45. The molecule has 10 atom stereocenters. The van der Waals surface area contributed by atoms with Gasteiger partial charge < -0.3 is 29.9 Å². The zero-order valence-corrected chi connectivity index (χ0v) is 20.3. The van der Waals surface area contributed by atoms with Crippen molar-refractivity contribution in [2.24, 2.45) is 28.1 Å². The van der Waals surface area contributed by atoms with E-state index in [-0.39, 0.29) is 47.3 Å². The molecule has 2 saturated carbocycles. The maximum absolute atomic E-state index is 13.3. The summed E-state index contributed by atoms with van der Waals surface area (Å²) in [5.41, 5.74) is -0.584. The van der Waals surface area contributed by atoms with Gasteiger partial charge in [0.15, 0.2) is 12.1 Å². The predicted molar refractivity (Wildman–Crippen MR) is 122 cm³/mol. The number of ketones is 2. The molecular weight excluding hydrogens is 440 g/mol. The summed E-state index contributed by atoms with van der Waals surface area (Å²) in [4.78, 5) is 26.6. The number of Topliss-reactive ketones (excluding diaryl/α,β-unsaturated/α-hetero) is 2. The minimum absolute atomic E-state index is 0.00605. The van der Waals surface area contributed by atoms with Crippen LogP contribution in [-0.2, 0) is 19.1 Å². The average molecular weight is 479 g/mol. The molecule has 0 aromatic carbocycles. The molecule has 0 spiro atoms. The summed E-state index contributed by atoms with van der Waals surface area (Å²) in [5, 5.41) is 39.9. The van der Waals surface area contributed by atoms with E-state index in [9.17, 15) is 30.0 Å². The number of rotatable bonds is 5. The molecule has 4 N–H and O–H groups in total. The molecule has 1 aliphatic heterocycles. The molecule has 3 aliphatic carbocycles. The molecule has 0 bridgehead atoms. The van der Waals surface area contributed by atoms with E-state index in [4.69, 9.17) is 9.47 Å². The van der Waals surface area contributed by atoms with Gasteiger partial charge >= 0.3 is 0 Å². The van der Waals surface area contributed by atoms with Gasteiger partial charge in [-0.3, -0.25) is 9.59 Å². The molecule has 3 fully saturated rings. The minimum Gasteiger partial charge on any atom is -0.394 e. The molecule has 1 saturated heterocycles. The maximum Gasteiger partial charge on any atom is 0.186 e. The van der Waals surface area contributed by atoms with Gasteiger partial charge in [0.2, 0.25) is 0 Å². The van der Waals surface area contributed by atoms with Gasteiger partial charge in [0.25, 0.3) is 0 Å². The molecule has 1 heterocycles. The van der Waals surface area contributed by atoms with Gasteiger partial charge in [0, 0.05) is 18.3 Å². The summed E-state index contributed by atoms with van der Waals surface area (Å²) in [6, 6.07) is 0. The van der Waals surface area contributed by atoms with Crippen LogP contribution < -0.4 is 0 Å². The van der Waals surface area contributed by atoms with Crippen LogP contribution >= 0.6 is 0 Å². The largest absolute Gasteiger partial charge is 0.394 e. The molecule has 190 valence electrons. The Morgan fingerprint density at radius 2 is 1.85 bits per heavy atom. The summed E-state index contributed by atoms with van der Waals surface area (Å²) in [5.74, 6) is -0.110. The third-order valence-corrected chi connectivity index (χ3v) is 9.29. The zero-order chi connectivity index (χ0) is 25.1. The van der Waals surface area contributed by atoms with E-state index >= 15 is 0 Å². The van der Waals surface area contributed by atoms with Crippen LogP contribution in [0.25, 0.3) is 0 Å². The van der Waals surface area contributed by atoms with Crippen LogP contribution in [0.1, 0.15) is 52.9 Å². The number of aliphatic hydroxyl groups excluding tert-OH is 4. The number of aliphatic hydroxyl groups is 4. The van der Waals surface area contributed by atoms with Crippen molar-refractivity contribution in [3.8, 4) is 0 Å². The molecule has 8 heteroatoms. The standard InChI is InChI=1S/C26H38O8/c1-5-24(2)8-6-15-14(11-24)16(28)10-18-25(15,3)9-7-19(29)26(18,4)13-33-23-22(32)21(31)20(30)17(12-27)34-23/h5,11,15,17-18,20-23,27,30-32H,1,6-10,12-13H2,2-4H3/t15-,17+,18+,20+,21+,22-,23+,24-,25+,26+/m0/s1. The molecule has 0 radical (unpaired) electrons. The van der Waals surface area contributed by atoms with Crippen molar-refractivity contribution in [3.05, 3.63) is 24.3 Å². The highest BCUT2D eigenvalue weighted by atomic mass is 16.7. The van der Waals surface area contributed by atoms with Gasteiger partial charge in [0.05, 0.1) is 18.6 Å². The van der Waals surface area contributed by atoms with Crippen LogP contribution in [0.4, 0.5) is 0 Å². The van der Waals surface area contributed by atoms with Crippen molar-refractivity contribution in [3.63, 3.8) is 0 Å². The molecule has 8 nitrogen and oxygen atoms in total. The summed E-state index contributed by atoms with van der Waals surface area (Å²) in [6.07, 6.45) is 0.0689. The molecular formula is C26H38O8. The fourth-order valence-electron chi connectivity index (χ4n) is 6.84. The van der Waals surface area contributed by atoms with E-state index in [0.29, 0.717) is 12.8 Å². The Hall–Kier alpha value is -1.42. The number of ether oxygens (including phenoxy) is 2. The van der Waals surface area contributed by atoms with E-state index in [0.717, 1.165) is 18.4 Å². The van der Waals surface area contributed by atoms with E-state index < -0.39 is 42.7 Å². The Morgan fingerprint density at radius 3 is 2.50 bits per heavy atom. The lowest BCUT2D eigenvalue weighted by Gasteiger charge is -2.58. The van der Waals surface area contributed by atoms with E-state index in [1.54, 1.807) is 0 Å². The first-order valence-electron chi connectivity index (χ1n) is 12.2. The summed E-state index contributed by atoms with van der Waals surface area (Å²) in [6.45, 7) is 9.38. The second-order valence-corrected chi connectivity index (χ2v) is 11.4. The topological polar surface area (TPSA) is 134 Å². The van der Waals surface area contributed by atoms with Gasteiger partial charge in [-0.2, -0.15) is 0 Å². The number of hydrogen-bond donors (Lipinski definition) is 4. The van der Waals surface area contributed by atoms with E-state index in [1.807, 2.05) is 13.0 Å². The average Bonchev–Trinajstić information content (AvgIpc) is 2.82. The number of carbonyl (C=O) groups is 2. The van der Waals surface area contributed by atoms with Gasteiger partial charge in [-0.05, 0) is 42.1 Å². The Bertz CT molecular complexity index is 882. The van der Waals surface area contributed by atoms with Crippen molar-refractivity contribution in [2.75, 3.05) is 13.2 Å². The summed E-state index contributed by atoms with van der Waals surface area (Å²) in [7, 11) is 0. The summed E-state index contributed by atoms with van der Waals surface area (Å²) >= 11 is 0. The molecule has 0 amide bonds. The van der Waals surface area contributed by atoms with Crippen LogP contribution in [-0.4, -0.2) is 75.9 Å². The lowest BCUT2D eigenvalue weighted by Crippen LogP contribution is -2.61. The van der Waals surface area contributed by atoms with Crippen molar-refractivity contribution in [1.29, 1.82) is 0 Å². The molecule has 4 rings (SSSR count). The minimum atomic E-state index is -1.55. The highest BCUT2D eigenvalue weighted by Gasteiger charge is 2.61. The maximum atomic E-state index is 13.3. The fraction of sp³-hybridized carbons (Fsp3) is 0.769.